The van der Waals surface area contributed by atoms with Gasteiger partial charge in [0.1, 0.15) is 6.61 Å². The summed E-state index contributed by atoms with van der Waals surface area (Å²) >= 11 is 5.97. The lowest BCUT2D eigenvalue weighted by molar-refractivity contribution is -0.145. The number of nitrogens with zero attached hydrogens (tertiary/aromatic N) is 1. The summed E-state index contributed by atoms with van der Waals surface area (Å²) < 4.78 is 5.72. The molecule has 2 aromatic rings. The molecule has 0 bridgehead atoms. The number of allylic oxidation sites excluding steroid dienone is 2. The van der Waals surface area contributed by atoms with Gasteiger partial charge in [0, 0.05) is 24.0 Å². The molecule has 1 fully saturated rings. The lowest BCUT2D eigenvalue weighted by Crippen LogP contribution is -2.49. The maximum absolute atomic E-state index is 12.9. The molecule has 34 heavy (non-hydrogen) atoms. The van der Waals surface area contributed by atoms with Gasteiger partial charge in [-0.05, 0) is 54.0 Å². The van der Waals surface area contributed by atoms with Crippen molar-refractivity contribution in [1.29, 1.82) is 0 Å². The Morgan fingerprint density at radius 2 is 1.74 bits per heavy atom. The summed E-state index contributed by atoms with van der Waals surface area (Å²) in [5.41, 5.74) is 1.95. The molecule has 5 nitrogen and oxygen atoms in total. The monoisotopic (exact) mass is 481 g/mol. The summed E-state index contributed by atoms with van der Waals surface area (Å²) in [6, 6.07) is 15.0. The Labute approximate surface area is 206 Å². The van der Waals surface area contributed by atoms with E-state index in [0.717, 1.165) is 11.1 Å². The third-order valence-electron chi connectivity index (χ3n) is 6.82. The maximum Gasteiger partial charge on any atom is 0.409 e. The van der Waals surface area contributed by atoms with Crippen LogP contribution in [0.3, 0.4) is 0 Å². The number of carboxylic acids is 1. The molecule has 6 heteroatoms. The Morgan fingerprint density at radius 1 is 1.12 bits per heavy atom. The molecule has 2 atom stereocenters. The van der Waals surface area contributed by atoms with E-state index in [1.807, 2.05) is 24.3 Å². The van der Waals surface area contributed by atoms with E-state index in [0.29, 0.717) is 42.9 Å². The summed E-state index contributed by atoms with van der Waals surface area (Å²) in [6.07, 6.45) is 4.62. The normalized spacial score (nSPS) is 16.8. The number of carbonyl (C=O) groups is 2. The lowest BCUT2D eigenvalue weighted by atomic mass is 9.73. The second kappa shape index (κ2) is 11.4. The Morgan fingerprint density at radius 3 is 2.29 bits per heavy atom. The standard InChI is InChI=1S/C28H32ClNO4/c1-4-8-21(25-10-7-6-9-24(25)20(3)5-2)19-34-27(33)30-17-15-28(16-18-30,26(31)32)22-11-13-23(29)14-12-22/h4-7,9-14,20-21H,1-2,8,15-19H2,3H3,(H,31,32). The number of hydrogen-bond acceptors (Lipinski definition) is 3. The van der Waals surface area contributed by atoms with Crippen LogP contribution >= 0.6 is 11.6 Å². The van der Waals surface area contributed by atoms with Crippen LogP contribution < -0.4 is 0 Å². The van der Waals surface area contributed by atoms with Gasteiger partial charge in [-0.15, -0.1) is 13.2 Å². The first-order valence-electron chi connectivity index (χ1n) is 11.6. The van der Waals surface area contributed by atoms with E-state index in [4.69, 9.17) is 16.3 Å². The van der Waals surface area contributed by atoms with Gasteiger partial charge in [-0.3, -0.25) is 4.79 Å². The van der Waals surface area contributed by atoms with E-state index < -0.39 is 17.5 Å². The zero-order valence-corrected chi connectivity index (χ0v) is 20.3. The molecule has 3 rings (SSSR count). The molecule has 0 aliphatic carbocycles. The summed E-state index contributed by atoms with van der Waals surface area (Å²) in [4.78, 5) is 26.7. The Kier molecular flexibility index (Phi) is 8.56. The molecular formula is C28H32ClNO4. The quantitative estimate of drug-likeness (QED) is 0.412. The number of carboxylic acid groups (broad SMARTS) is 1. The molecule has 0 radical (unpaired) electrons. The van der Waals surface area contributed by atoms with E-state index in [1.165, 1.54) is 0 Å². The molecule has 1 aliphatic rings. The molecule has 0 spiro atoms. The minimum absolute atomic E-state index is 0.0166. The fourth-order valence-corrected chi connectivity index (χ4v) is 4.77. The number of rotatable bonds is 9. The highest BCUT2D eigenvalue weighted by molar-refractivity contribution is 6.30. The highest BCUT2D eigenvalue weighted by atomic mass is 35.5. The number of carbonyl (C=O) groups excluding carboxylic acids is 1. The number of piperidine rings is 1. The van der Waals surface area contributed by atoms with Crippen molar-refractivity contribution in [2.45, 2.75) is 43.4 Å². The number of aliphatic carboxylic acids is 1. The van der Waals surface area contributed by atoms with Gasteiger partial charge < -0.3 is 14.7 Å². The number of halogens is 1. The van der Waals surface area contributed by atoms with Crippen molar-refractivity contribution < 1.29 is 19.4 Å². The lowest BCUT2D eigenvalue weighted by Gasteiger charge is -2.38. The van der Waals surface area contributed by atoms with Crippen molar-refractivity contribution in [2.75, 3.05) is 19.7 Å². The Hall–Kier alpha value is -3.05. The minimum Gasteiger partial charge on any atom is -0.481 e. The number of amides is 1. The third-order valence-corrected chi connectivity index (χ3v) is 7.07. The Bertz CT molecular complexity index is 1020. The van der Waals surface area contributed by atoms with Crippen LogP contribution in [0.1, 0.15) is 54.7 Å². The van der Waals surface area contributed by atoms with Crippen LogP contribution in [0.2, 0.25) is 5.02 Å². The zero-order chi connectivity index (χ0) is 24.7. The first-order chi connectivity index (χ1) is 16.3. The number of hydrogen-bond donors (Lipinski definition) is 1. The van der Waals surface area contributed by atoms with Crippen LogP contribution in [0.25, 0.3) is 0 Å². The van der Waals surface area contributed by atoms with Crippen LogP contribution in [0, 0.1) is 0 Å². The highest BCUT2D eigenvalue weighted by Crippen LogP contribution is 2.37. The van der Waals surface area contributed by atoms with E-state index >= 15 is 0 Å². The van der Waals surface area contributed by atoms with Gasteiger partial charge in [0.15, 0.2) is 0 Å². The largest absolute Gasteiger partial charge is 0.481 e. The van der Waals surface area contributed by atoms with Gasteiger partial charge in [0.2, 0.25) is 0 Å². The molecule has 180 valence electrons. The molecular weight excluding hydrogens is 450 g/mol. The smallest absolute Gasteiger partial charge is 0.409 e. The van der Waals surface area contributed by atoms with Crippen molar-refractivity contribution in [3.05, 3.63) is 95.6 Å². The van der Waals surface area contributed by atoms with E-state index in [1.54, 1.807) is 29.2 Å². The number of benzene rings is 2. The number of ether oxygens (including phenoxy) is 1. The first-order valence-corrected chi connectivity index (χ1v) is 11.9. The molecule has 2 aromatic carbocycles. The maximum atomic E-state index is 12.9. The molecule has 1 aliphatic heterocycles. The average molecular weight is 482 g/mol. The second-order valence-corrected chi connectivity index (χ2v) is 9.27. The Balaban J connectivity index is 1.67. The molecule has 0 aromatic heterocycles. The van der Waals surface area contributed by atoms with Gasteiger partial charge in [0.25, 0.3) is 0 Å². The predicted octanol–water partition coefficient (Wildman–Crippen LogP) is 6.54. The molecule has 1 N–H and O–H groups in total. The van der Waals surface area contributed by atoms with Crippen molar-refractivity contribution in [3.8, 4) is 0 Å². The minimum atomic E-state index is -1.04. The fraction of sp³-hybridized carbons (Fsp3) is 0.357. The summed E-state index contributed by atoms with van der Waals surface area (Å²) in [7, 11) is 0. The SMILES string of the molecule is C=CCC(COC(=O)N1CCC(C(=O)O)(c2ccc(Cl)cc2)CC1)c1ccccc1C(C)C=C. The highest BCUT2D eigenvalue weighted by Gasteiger charge is 2.44. The second-order valence-electron chi connectivity index (χ2n) is 8.83. The molecule has 1 amide bonds. The van der Waals surface area contributed by atoms with Crippen molar-refractivity contribution >= 4 is 23.7 Å². The van der Waals surface area contributed by atoms with Gasteiger partial charge >= 0.3 is 12.1 Å². The van der Waals surface area contributed by atoms with Gasteiger partial charge in [-0.1, -0.05) is 67.1 Å². The molecule has 1 heterocycles. The summed E-state index contributed by atoms with van der Waals surface area (Å²) in [6.45, 7) is 10.7. The van der Waals surface area contributed by atoms with Crippen LogP contribution in [-0.4, -0.2) is 41.8 Å². The van der Waals surface area contributed by atoms with Crippen LogP contribution in [0.4, 0.5) is 4.79 Å². The fourth-order valence-electron chi connectivity index (χ4n) is 4.64. The third kappa shape index (κ3) is 5.53. The summed E-state index contributed by atoms with van der Waals surface area (Å²) in [5.74, 6) is -0.725. The van der Waals surface area contributed by atoms with Crippen molar-refractivity contribution in [3.63, 3.8) is 0 Å². The van der Waals surface area contributed by atoms with E-state index in [-0.39, 0.29) is 18.4 Å². The van der Waals surface area contributed by atoms with Gasteiger partial charge in [-0.25, -0.2) is 4.79 Å². The van der Waals surface area contributed by atoms with Crippen LogP contribution in [0.15, 0.2) is 73.8 Å². The van der Waals surface area contributed by atoms with Gasteiger partial charge in [-0.2, -0.15) is 0 Å². The van der Waals surface area contributed by atoms with Crippen LogP contribution in [-0.2, 0) is 14.9 Å². The first kappa shape index (κ1) is 25.6. The van der Waals surface area contributed by atoms with Crippen molar-refractivity contribution in [1.82, 2.24) is 4.90 Å². The van der Waals surface area contributed by atoms with E-state index in [9.17, 15) is 14.7 Å². The molecule has 1 saturated heterocycles. The van der Waals surface area contributed by atoms with Crippen molar-refractivity contribution in [2.24, 2.45) is 0 Å². The molecule has 2 unspecified atom stereocenters. The average Bonchev–Trinajstić information content (AvgIpc) is 2.86. The van der Waals surface area contributed by atoms with E-state index in [2.05, 4.69) is 32.2 Å². The summed E-state index contributed by atoms with van der Waals surface area (Å²) in [5, 5.41) is 10.6. The van der Waals surface area contributed by atoms with Crippen LogP contribution in [0.5, 0.6) is 0 Å². The zero-order valence-electron chi connectivity index (χ0n) is 19.6. The molecule has 0 saturated carbocycles. The number of likely N-dealkylation sites (tertiary alicyclic amines) is 1. The topological polar surface area (TPSA) is 66.8 Å². The van der Waals surface area contributed by atoms with Gasteiger partial charge in [0.05, 0.1) is 5.41 Å². The predicted molar refractivity (Wildman–Crippen MR) is 136 cm³/mol.